The second-order valence-corrected chi connectivity index (χ2v) is 6.27. The molecule has 0 saturated carbocycles. The topological polar surface area (TPSA) is 52.1 Å². The van der Waals surface area contributed by atoms with Crippen molar-refractivity contribution in [1.82, 2.24) is 15.1 Å². The number of aromatic amines is 1. The van der Waals surface area contributed by atoms with Gasteiger partial charge in [0.25, 0.3) is 0 Å². The number of hydrogen-bond acceptors (Lipinski definition) is 3. The van der Waals surface area contributed by atoms with Gasteiger partial charge in [0, 0.05) is 36.3 Å². The Balaban J connectivity index is 1.62. The van der Waals surface area contributed by atoms with Gasteiger partial charge < -0.3 is 5.11 Å². The summed E-state index contributed by atoms with van der Waals surface area (Å²) in [7, 11) is 0. The maximum absolute atomic E-state index is 10.3. The van der Waals surface area contributed by atoms with Crippen LogP contribution >= 0.6 is 11.6 Å². The van der Waals surface area contributed by atoms with E-state index in [9.17, 15) is 5.11 Å². The molecule has 0 amide bonds. The standard InChI is InChI=1S/C16H20ClN3O/c1-11-6-14(19-18-11)7-13-9-20(10-16(13)21)8-12-4-2-3-5-15(12)17/h2-6,13,16,21H,7-10H2,1H3,(H,18,19)/t13-,16-/m1/s1. The van der Waals surface area contributed by atoms with Crippen LogP contribution in [0.3, 0.4) is 0 Å². The molecule has 21 heavy (non-hydrogen) atoms. The molecule has 1 aromatic carbocycles. The number of nitrogens with one attached hydrogen (secondary N) is 1. The molecule has 1 aliphatic heterocycles. The molecule has 1 aromatic heterocycles. The second-order valence-electron chi connectivity index (χ2n) is 5.86. The SMILES string of the molecule is Cc1cc(C[C@@H]2CN(Cc3ccccc3Cl)C[C@H]2O)n[nH]1. The molecule has 0 radical (unpaired) electrons. The minimum atomic E-state index is -0.301. The maximum Gasteiger partial charge on any atom is 0.0711 e. The van der Waals surface area contributed by atoms with Crippen LogP contribution in [0.5, 0.6) is 0 Å². The Kier molecular flexibility index (Phi) is 4.29. The smallest absolute Gasteiger partial charge is 0.0711 e. The Labute approximate surface area is 129 Å². The Hall–Kier alpha value is -1.36. The zero-order valence-corrected chi connectivity index (χ0v) is 12.8. The lowest BCUT2D eigenvalue weighted by Gasteiger charge is -2.16. The molecular weight excluding hydrogens is 286 g/mol. The van der Waals surface area contributed by atoms with Crippen LogP contribution in [0.25, 0.3) is 0 Å². The van der Waals surface area contributed by atoms with Gasteiger partial charge in [-0.05, 0) is 31.0 Å². The number of H-pyrrole nitrogens is 1. The Bertz CT molecular complexity index is 613. The van der Waals surface area contributed by atoms with E-state index in [1.54, 1.807) is 0 Å². The van der Waals surface area contributed by atoms with Crippen molar-refractivity contribution in [3.8, 4) is 0 Å². The highest BCUT2D eigenvalue weighted by Gasteiger charge is 2.31. The summed E-state index contributed by atoms with van der Waals surface area (Å²) in [5.74, 6) is 0.232. The lowest BCUT2D eigenvalue weighted by Crippen LogP contribution is -2.21. The zero-order chi connectivity index (χ0) is 14.8. The summed E-state index contributed by atoms with van der Waals surface area (Å²) >= 11 is 6.20. The summed E-state index contributed by atoms with van der Waals surface area (Å²) in [6, 6.07) is 9.93. The van der Waals surface area contributed by atoms with Gasteiger partial charge in [0.05, 0.1) is 11.8 Å². The lowest BCUT2D eigenvalue weighted by atomic mass is 10.0. The summed E-state index contributed by atoms with van der Waals surface area (Å²) < 4.78 is 0. The predicted molar refractivity (Wildman–Crippen MR) is 83.3 cm³/mol. The van der Waals surface area contributed by atoms with E-state index in [2.05, 4.69) is 15.1 Å². The first-order valence-electron chi connectivity index (χ1n) is 7.26. The molecule has 5 heteroatoms. The molecule has 4 nitrogen and oxygen atoms in total. The molecule has 112 valence electrons. The van der Waals surface area contributed by atoms with Gasteiger partial charge in [-0.25, -0.2) is 0 Å². The molecule has 0 spiro atoms. The van der Waals surface area contributed by atoms with Gasteiger partial charge in [-0.15, -0.1) is 0 Å². The van der Waals surface area contributed by atoms with Gasteiger partial charge in [0.1, 0.15) is 0 Å². The van der Waals surface area contributed by atoms with E-state index in [0.29, 0.717) is 6.54 Å². The maximum atomic E-state index is 10.3. The number of benzene rings is 1. The third kappa shape index (κ3) is 3.46. The molecule has 3 rings (SSSR count). The number of halogens is 1. The number of β-amino-alcohol motifs (C(OH)–C–C–N with tert-alkyl or cyclic N) is 1. The average Bonchev–Trinajstić information content (AvgIpc) is 3.00. The molecule has 2 N–H and O–H groups in total. The van der Waals surface area contributed by atoms with E-state index >= 15 is 0 Å². The summed E-state index contributed by atoms with van der Waals surface area (Å²) in [6.45, 7) is 4.34. The number of hydrogen-bond donors (Lipinski definition) is 2. The molecule has 1 saturated heterocycles. The molecule has 0 bridgehead atoms. The molecule has 2 aromatic rings. The summed E-state index contributed by atoms with van der Waals surface area (Å²) in [5.41, 5.74) is 3.20. The van der Waals surface area contributed by atoms with Crippen LogP contribution in [-0.4, -0.2) is 39.4 Å². The van der Waals surface area contributed by atoms with Gasteiger partial charge in [-0.2, -0.15) is 5.10 Å². The number of aliphatic hydroxyl groups excluding tert-OH is 1. The molecule has 0 aliphatic carbocycles. The Morgan fingerprint density at radius 1 is 1.38 bits per heavy atom. The number of aliphatic hydroxyl groups is 1. The van der Waals surface area contributed by atoms with Crippen LogP contribution in [0.1, 0.15) is 17.0 Å². The van der Waals surface area contributed by atoms with Crippen molar-refractivity contribution < 1.29 is 5.11 Å². The number of aryl methyl sites for hydroxylation is 1. The molecule has 0 unspecified atom stereocenters. The van der Waals surface area contributed by atoms with Crippen molar-refractivity contribution in [2.75, 3.05) is 13.1 Å². The van der Waals surface area contributed by atoms with E-state index in [1.165, 1.54) is 0 Å². The van der Waals surface area contributed by atoms with Gasteiger partial charge in [-0.3, -0.25) is 10.00 Å². The second kappa shape index (κ2) is 6.18. The van der Waals surface area contributed by atoms with Crippen molar-refractivity contribution in [3.63, 3.8) is 0 Å². The van der Waals surface area contributed by atoms with Crippen LogP contribution in [0.2, 0.25) is 5.02 Å². The van der Waals surface area contributed by atoms with Crippen LogP contribution in [0, 0.1) is 12.8 Å². The van der Waals surface area contributed by atoms with E-state index in [0.717, 1.165) is 41.5 Å². The number of nitrogens with zero attached hydrogens (tertiary/aromatic N) is 2. The van der Waals surface area contributed by atoms with Crippen molar-refractivity contribution in [3.05, 3.63) is 52.3 Å². The third-order valence-corrected chi connectivity index (χ3v) is 4.43. The van der Waals surface area contributed by atoms with Crippen molar-refractivity contribution in [2.24, 2.45) is 5.92 Å². The molecular formula is C16H20ClN3O. The van der Waals surface area contributed by atoms with E-state index in [4.69, 9.17) is 11.6 Å². The number of likely N-dealkylation sites (tertiary alicyclic amines) is 1. The number of aromatic nitrogens is 2. The summed E-state index contributed by atoms with van der Waals surface area (Å²) in [5, 5.41) is 18.3. The Morgan fingerprint density at radius 2 is 2.19 bits per heavy atom. The van der Waals surface area contributed by atoms with Gasteiger partial charge >= 0.3 is 0 Å². The minimum absolute atomic E-state index is 0.232. The van der Waals surface area contributed by atoms with E-state index < -0.39 is 0 Å². The highest BCUT2D eigenvalue weighted by Crippen LogP contribution is 2.24. The fraction of sp³-hybridized carbons (Fsp3) is 0.438. The van der Waals surface area contributed by atoms with Crippen molar-refractivity contribution in [1.29, 1.82) is 0 Å². The lowest BCUT2D eigenvalue weighted by molar-refractivity contribution is 0.140. The van der Waals surface area contributed by atoms with Gasteiger partial charge in [0.2, 0.25) is 0 Å². The van der Waals surface area contributed by atoms with Crippen LogP contribution in [-0.2, 0) is 13.0 Å². The van der Waals surface area contributed by atoms with E-state index in [1.807, 2.05) is 37.3 Å². The summed E-state index contributed by atoms with van der Waals surface area (Å²) in [6.07, 6.45) is 0.509. The third-order valence-electron chi connectivity index (χ3n) is 4.06. The normalized spacial score (nSPS) is 22.8. The minimum Gasteiger partial charge on any atom is -0.391 e. The molecule has 2 atom stereocenters. The predicted octanol–water partition coefficient (Wildman–Crippen LogP) is 2.41. The van der Waals surface area contributed by atoms with E-state index in [-0.39, 0.29) is 12.0 Å². The largest absolute Gasteiger partial charge is 0.391 e. The number of rotatable bonds is 4. The first-order chi connectivity index (χ1) is 10.1. The fourth-order valence-corrected chi connectivity index (χ4v) is 3.18. The highest BCUT2D eigenvalue weighted by molar-refractivity contribution is 6.31. The van der Waals surface area contributed by atoms with Crippen molar-refractivity contribution >= 4 is 11.6 Å². The van der Waals surface area contributed by atoms with Crippen LogP contribution < -0.4 is 0 Å². The van der Waals surface area contributed by atoms with Gasteiger partial charge in [-0.1, -0.05) is 29.8 Å². The fourth-order valence-electron chi connectivity index (χ4n) is 2.99. The first-order valence-corrected chi connectivity index (χ1v) is 7.64. The summed E-state index contributed by atoms with van der Waals surface area (Å²) in [4.78, 5) is 2.26. The Morgan fingerprint density at radius 3 is 2.90 bits per heavy atom. The quantitative estimate of drug-likeness (QED) is 0.912. The average molecular weight is 306 g/mol. The monoisotopic (exact) mass is 305 g/mol. The van der Waals surface area contributed by atoms with Crippen LogP contribution in [0.4, 0.5) is 0 Å². The molecule has 1 aliphatic rings. The highest BCUT2D eigenvalue weighted by atomic mass is 35.5. The van der Waals surface area contributed by atoms with Gasteiger partial charge in [0.15, 0.2) is 0 Å². The van der Waals surface area contributed by atoms with Crippen molar-refractivity contribution in [2.45, 2.75) is 26.0 Å². The zero-order valence-electron chi connectivity index (χ0n) is 12.1. The first kappa shape index (κ1) is 14.6. The molecule has 2 heterocycles. The molecule has 1 fully saturated rings. The van der Waals surface area contributed by atoms with Crippen LogP contribution in [0.15, 0.2) is 30.3 Å².